The van der Waals surface area contributed by atoms with Gasteiger partial charge in [0.05, 0.1) is 0 Å². The summed E-state index contributed by atoms with van der Waals surface area (Å²) in [6.45, 7) is 1.08. The molecule has 2 nitrogen and oxygen atoms in total. The highest BCUT2D eigenvalue weighted by atomic mass is 31.1. The van der Waals surface area contributed by atoms with Crippen LogP contribution in [0.25, 0.3) is 0 Å². The molecule has 6 heavy (non-hydrogen) atoms. The summed E-state index contributed by atoms with van der Waals surface area (Å²) in [5.41, 5.74) is 2.99. The first-order chi connectivity index (χ1) is 3.00. The van der Waals surface area contributed by atoms with Crippen LogP contribution in [0.1, 0.15) is 6.42 Å². The van der Waals surface area contributed by atoms with Crippen molar-refractivity contribution in [2.75, 3.05) is 6.54 Å². The van der Waals surface area contributed by atoms with Crippen LogP contribution in [-0.4, -0.2) is 12.3 Å². The minimum atomic E-state index is 1.08. The maximum atomic E-state index is 2.99. The molecule has 0 amide bonds. The van der Waals surface area contributed by atoms with E-state index in [4.69, 9.17) is 0 Å². The molecule has 0 saturated heterocycles. The Bertz CT molecular complexity index is 53.8. The van der Waals surface area contributed by atoms with Crippen LogP contribution in [0.4, 0.5) is 0 Å². The van der Waals surface area contributed by atoms with Gasteiger partial charge in [0.2, 0.25) is 0 Å². The highest BCUT2D eigenvalue weighted by molar-refractivity contribution is 7.36. The van der Waals surface area contributed by atoms with E-state index in [9.17, 15) is 0 Å². The van der Waals surface area contributed by atoms with Gasteiger partial charge in [-0.2, -0.15) is 0 Å². The molecule has 1 aliphatic rings. The molecule has 0 aromatic rings. The molecule has 0 spiro atoms. The van der Waals surface area contributed by atoms with Crippen molar-refractivity contribution in [1.82, 2.24) is 10.6 Å². The number of nitrogens with one attached hydrogen (secondary N) is 2. The van der Waals surface area contributed by atoms with Gasteiger partial charge in [0, 0.05) is 6.54 Å². The molecule has 0 radical (unpaired) electrons. The number of hydrogen-bond donors (Lipinski definition) is 2. The van der Waals surface area contributed by atoms with Crippen LogP contribution in [-0.2, 0) is 0 Å². The smallest absolute Gasteiger partial charge is 0.0145 e. The third-order valence-corrected chi connectivity index (χ3v) is 1.36. The van der Waals surface area contributed by atoms with E-state index in [1.54, 1.807) is 0 Å². The van der Waals surface area contributed by atoms with Crippen LogP contribution in [0.3, 0.4) is 0 Å². The predicted octanol–water partition coefficient (Wildman–Crippen LogP) is 0.148. The molecule has 0 aromatic carbocycles. The molecule has 0 atom stereocenters. The van der Waals surface area contributed by atoms with Crippen LogP contribution >= 0.6 is 8.35 Å². The largest absolute Gasteiger partial charge is 0.250 e. The van der Waals surface area contributed by atoms with Crippen LogP contribution in [0.2, 0.25) is 0 Å². The van der Waals surface area contributed by atoms with E-state index >= 15 is 0 Å². The Morgan fingerprint density at radius 1 is 1.67 bits per heavy atom. The molecule has 1 rings (SSSR count). The lowest BCUT2D eigenvalue weighted by Crippen LogP contribution is -2.27. The van der Waals surface area contributed by atoms with Crippen LogP contribution in [0.15, 0.2) is 0 Å². The van der Waals surface area contributed by atoms with Gasteiger partial charge in [0.25, 0.3) is 0 Å². The van der Waals surface area contributed by atoms with Gasteiger partial charge in [-0.05, 0) is 20.6 Å². The molecule has 2 N–H and O–H groups in total. The van der Waals surface area contributed by atoms with E-state index < -0.39 is 0 Å². The fourth-order valence-electron chi connectivity index (χ4n) is 0.348. The zero-order valence-corrected chi connectivity index (χ0v) is 4.33. The van der Waals surface area contributed by atoms with Gasteiger partial charge in [0.1, 0.15) is 0 Å². The Kier molecular flexibility index (Phi) is 1.63. The van der Waals surface area contributed by atoms with E-state index in [2.05, 4.69) is 16.4 Å². The molecule has 0 unspecified atom stereocenters. The Morgan fingerprint density at radius 2 is 2.67 bits per heavy atom. The van der Waals surface area contributed by atoms with Crippen LogP contribution < -0.4 is 10.6 Å². The molecule has 0 aromatic heterocycles. The summed E-state index contributed by atoms with van der Waals surface area (Å²) in [6, 6.07) is 0. The quantitative estimate of drug-likeness (QED) is 0.425. The highest BCUT2D eigenvalue weighted by Gasteiger charge is 1.83. The van der Waals surface area contributed by atoms with Gasteiger partial charge in [0.15, 0.2) is 0 Å². The molecule has 0 fully saturated rings. The van der Waals surface area contributed by atoms with E-state index in [0.717, 1.165) is 6.54 Å². The van der Waals surface area contributed by atoms with E-state index in [-0.39, 0.29) is 0 Å². The first kappa shape index (κ1) is 4.25. The summed E-state index contributed by atoms with van der Waals surface area (Å²) >= 11 is 0. The van der Waals surface area contributed by atoms with Crippen molar-refractivity contribution in [1.29, 1.82) is 0 Å². The third kappa shape index (κ3) is 1.05. The summed E-state index contributed by atoms with van der Waals surface area (Å²) in [5.74, 6) is 2.19. The summed E-state index contributed by atoms with van der Waals surface area (Å²) in [5, 5.41) is 2.95. The van der Waals surface area contributed by atoms with Gasteiger partial charge >= 0.3 is 0 Å². The lowest BCUT2D eigenvalue weighted by Gasteiger charge is -2.02. The standard InChI is InChI=1S/C3H7N2P/c1-2-4-5-6-3-1/h3-5H,1-2H2. The summed E-state index contributed by atoms with van der Waals surface area (Å²) in [4.78, 5) is 0. The Hall–Kier alpha value is 0.0900. The van der Waals surface area contributed by atoms with Crippen molar-refractivity contribution >= 4 is 14.2 Å². The maximum Gasteiger partial charge on any atom is 0.0145 e. The lowest BCUT2D eigenvalue weighted by atomic mass is 10.5. The molecular weight excluding hydrogens is 95.0 g/mol. The topological polar surface area (TPSA) is 24.1 Å². The van der Waals surface area contributed by atoms with Gasteiger partial charge < -0.3 is 0 Å². The second-order valence-electron chi connectivity index (χ2n) is 1.14. The third-order valence-electron chi connectivity index (χ3n) is 0.633. The monoisotopic (exact) mass is 102 g/mol. The Morgan fingerprint density at radius 3 is 2.83 bits per heavy atom. The molecule has 34 valence electrons. The summed E-state index contributed by atoms with van der Waals surface area (Å²) < 4.78 is 0. The van der Waals surface area contributed by atoms with Crippen molar-refractivity contribution in [3.63, 3.8) is 0 Å². The van der Waals surface area contributed by atoms with E-state index in [1.165, 1.54) is 14.8 Å². The number of rotatable bonds is 0. The lowest BCUT2D eigenvalue weighted by molar-refractivity contribution is 0.694. The van der Waals surface area contributed by atoms with Crippen molar-refractivity contribution < 1.29 is 0 Å². The van der Waals surface area contributed by atoms with Gasteiger partial charge in [-0.1, -0.05) is 0 Å². The molecule has 1 aliphatic heterocycles. The highest BCUT2D eigenvalue weighted by Crippen LogP contribution is 1.87. The van der Waals surface area contributed by atoms with Crippen molar-refractivity contribution in [2.24, 2.45) is 0 Å². The molecule has 0 saturated carbocycles. The molecular formula is C3H7N2P. The Balaban J connectivity index is 2.26. The second-order valence-corrected chi connectivity index (χ2v) is 1.99. The van der Waals surface area contributed by atoms with Crippen molar-refractivity contribution in [3.8, 4) is 0 Å². The first-order valence-corrected chi connectivity index (χ1v) is 2.96. The first-order valence-electron chi connectivity index (χ1n) is 1.99. The maximum absolute atomic E-state index is 2.99. The number of hydrazine groups is 1. The zero-order chi connectivity index (χ0) is 4.24. The summed E-state index contributed by atoms with van der Waals surface area (Å²) in [7, 11) is 1.21. The minimum absolute atomic E-state index is 1.08. The average Bonchev–Trinajstić information content (AvgIpc) is 1.72. The fourth-order valence-corrected chi connectivity index (χ4v) is 0.901. The van der Waals surface area contributed by atoms with Crippen molar-refractivity contribution in [3.05, 3.63) is 0 Å². The molecule has 0 bridgehead atoms. The van der Waals surface area contributed by atoms with E-state index in [0.29, 0.717) is 0 Å². The molecule has 3 heteroatoms. The normalized spacial score (nSPS) is 24.0. The predicted molar refractivity (Wildman–Crippen MR) is 28.7 cm³/mol. The zero-order valence-electron chi connectivity index (χ0n) is 3.44. The second kappa shape index (κ2) is 2.30. The van der Waals surface area contributed by atoms with Crippen LogP contribution in [0.5, 0.6) is 0 Å². The van der Waals surface area contributed by atoms with Gasteiger partial charge in [-0.15, -0.1) is 0 Å². The van der Waals surface area contributed by atoms with Gasteiger partial charge in [-0.3, -0.25) is 0 Å². The Labute approximate surface area is 38.8 Å². The van der Waals surface area contributed by atoms with Crippen molar-refractivity contribution in [2.45, 2.75) is 6.42 Å². The minimum Gasteiger partial charge on any atom is -0.250 e. The SMILES string of the molecule is C1=PNNCC1. The average molecular weight is 102 g/mol. The molecule has 1 heterocycles. The summed E-state index contributed by atoms with van der Waals surface area (Å²) in [6.07, 6.45) is 1.19. The number of hydrogen-bond acceptors (Lipinski definition) is 2. The van der Waals surface area contributed by atoms with E-state index in [1.807, 2.05) is 0 Å². The van der Waals surface area contributed by atoms with Crippen LogP contribution in [0, 0.1) is 0 Å². The fraction of sp³-hybridized carbons (Fsp3) is 0.667. The van der Waals surface area contributed by atoms with Gasteiger partial charge in [-0.25, -0.2) is 10.6 Å². The molecule has 0 aliphatic carbocycles.